The van der Waals surface area contributed by atoms with Crippen LogP contribution in [0.2, 0.25) is 0 Å². The molecule has 0 unspecified atom stereocenters. The standard InChI is InChI=1S/2C35H70NO3.H2O4S/c2*1-4-6-8-10-12-14-16-18-20-22-24-26-28-30-34(38)36(3,32-33-37)35(39)31-29-27-25-23-21-19-17-15-13-11-9-7-5-2;1-5(2,3)4/h2*37H,4-33H2,1-3H3;(H2,1,2,3,4)/q2*+1;/p-2. The number of carbonyl (C=O) groups is 4. The zero-order valence-corrected chi connectivity index (χ0v) is 56.7. The maximum absolute atomic E-state index is 13.0. The fourth-order valence-corrected chi connectivity index (χ4v) is 11.3. The van der Waals surface area contributed by atoms with Crippen molar-refractivity contribution in [2.24, 2.45) is 0 Å². The number of rotatable bonds is 60. The highest BCUT2D eigenvalue weighted by atomic mass is 32.3. The second-order valence-electron chi connectivity index (χ2n) is 25.2. The number of unbranched alkanes of at least 4 members (excludes halogenated alkanes) is 48. The molecule has 496 valence electrons. The molecule has 13 heteroatoms. The number of aliphatic hydroxyl groups excluding tert-OH is 2. The minimum absolute atomic E-state index is 0.00758. The van der Waals surface area contributed by atoms with Gasteiger partial charge in [0, 0.05) is 10.4 Å². The Morgan fingerprint density at radius 3 is 0.482 bits per heavy atom. The van der Waals surface area contributed by atoms with Crippen LogP contribution < -0.4 is 0 Å². The predicted molar refractivity (Wildman–Crippen MR) is 348 cm³/mol. The molecule has 4 amide bonds. The van der Waals surface area contributed by atoms with Gasteiger partial charge in [0.05, 0.1) is 53.0 Å². The Bertz CT molecular complexity index is 1340. The number of amides is 4. The number of quaternary nitrogens is 2. The Balaban J connectivity index is -0.00000142. The first-order valence-electron chi connectivity index (χ1n) is 35.8. The van der Waals surface area contributed by atoms with E-state index in [0.717, 1.165) is 51.4 Å². The van der Waals surface area contributed by atoms with E-state index in [2.05, 4.69) is 27.7 Å². The Kier molecular flexibility index (Phi) is 66.9. The molecule has 0 aliphatic rings. The number of hydrogen-bond acceptors (Lipinski definition) is 10. The monoisotopic (exact) mass is 1200 g/mol. The van der Waals surface area contributed by atoms with Gasteiger partial charge in [-0.15, -0.1) is 0 Å². The van der Waals surface area contributed by atoms with Gasteiger partial charge >= 0.3 is 23.6 Å². The van der Waals surface area contributed by atoms with Crippen LogP contribution in [-0.4, -0.2) is 101 Å². The number of nitrogens with zero attached hydrogens (tertiary/aromatic N) is 2. The van der Waals surface area contributed by atoms with E-state index in [1.54, 1.807) is 14.1 Å². The fraction of sp³-hybridized carbons (Fsp3) is 0.943. The van der Waals surface area contributed by atoms with Crippen molar-refractivity contribution in [2.75, 3.05) is 40.4 Å². The zero-order chi connectivity index (χ0) is 62.2. The van der Waals surface area contributed by atoms with Crippen LogP contribution in [0, 0.1) is 0 Å². The van der Waals surface area contributed by atoms with Crippen LogP contribution in [0.4, 0.5) is 0 Å². The largest absolute Gasteiger partial charge is 0.759 e. The molecule has 0 atom stereocenters. The molecule has 83 heavy (non-hydrogen) atoms. The summed E-state index contributed by atoms with van der Waals surface area (Å²) in [5.74, 6) is -0.0303. The molecule has 0 heterocycles. The van der Waals surface area contributed by atoms with Crippen LogP contribution in [0.15, 0.2) is 0 Å². The SMILES string of the molecule is CCCCCCCCCCCCCCCC(=O)[N+](C)(CCO)C(=O)CCCCCCCCCCCCCCC.CCCCCCCCCCCCCCCC(=O)[N+](C)(CCO)C(=O)CCCCCCCCCCCCCCC.O=S(=O)([O-])[O-]. The second kappa shape index (κ2) is 64.9. The van der Waals surface area contributed by atoms with Gasteiger partial charge in [-0.2, -0.15) is 8.97 Å². The van der Waals surface area contributed by atoms with Crippen molar-refractivity contribution >= 4 is 34.0 Å². The molecule has 0 bridgehead atoms. The molecule has 0 aliphatic heterocycles. The van der Waals surface area contributed by atoms with Crippen molar-refractivity contribution in [3.63, 3.8) is 0 Å². The molecule has 2 N–H and O–H groups in total. The van der Waals surface area contributed by atoms with Gasteiger partial charge in [0.2, 0.25) is 0 Å². The van der Waals surface area contributed by atoms with Crippen molar-refractivity contribution in [1.82, 2.24) is 0 Å². The first-order valence-corrected chi connectivity index (χ1v) is 37.1. The summed E-state index contributed by atoms with van der Waals surface area (Å²) in [6.07, 6.45) is 68.4. The molecule has 0 spiro atoms. The third-order valence-corrected chi connectivity index (χ3v) is 17.3. The topological polar surface area (TPSA) is 189 Å². The van der Waals surface area contributed by atoms with Gasteiger partial charge in [-0.1, -0.05) is 336 Å². The lowest BCUT2D eigenvalue weighted by Gasteiger charge is -2.28. The lowest BCUT2D eigenvalue weighted by Crippen LogP contribution is -2.55. The number of likely N-dealkylation sites (N-methyl/N-ethyl adjacent to an activating group) is 2. The van der Waals surface area contributed by atoms with Gasteiger partial charge < -0.3 is 19.3 Å². The van der Waals surface area contributed by atoms with Crippen LogP contribution in [0.3, 0.4) is 0 Å². The molecule has 0 aromatic rings. The summed E-state index contributed by atoms with van der Waals surface area (Å²) in [7, 11) is -1.71. The van der Waals surface area contributed by atoms with Gasteiger partial charge in [0.25, 0.3) is 0 Å². The summed E-state index contributed by atoms with van der Waals surface area (Å²) in [5.41, 5.74) is 0. The van der Waals surface area contributed by atoms with Crippen LogP contribution in [0.1, 0.15) is 387 Å². The van der Waals surface area contributed by atoms with E-state index >= 15 is 0 Å². The first-order chi connectivity index (χ1) is 40.0. The third-order valence-electron chi connectivity index (χ3n) is 17.3. The number of aliphatic hydroxyl groups is 2. The third kappa shape index (κ3) is 60.5. The molecule has 0 rings (SSSR count). The van der Waals surface area contributed by atoms with Crippen LogP contribution in [0.5, 0.6) is 0 Å². The van der Waals surface area contributed by atoms with Crippen molar-refractivity contribution in [3.05, 3.63) is 0 Å². The summed E-state index contributed by atoms with van der Waals surface area (Å²) in [4.78, 5) is 51.9. The van der Waals surface area contributed by atoms with E-state index in [-0.39, 0.29) is 58.9 Å². The Hall–Kier alpha value is -1.61. The van der Waals surface area contributed by atoms with Gasteiger partial charge in [-0.05, 0) is 25.7 Å². The van der Waals surface area contributed by atoms with Crippen molar-refractivity contribution in [3.8, 4) is 0 Å². The smallest absolute Gasteiger partial charge is 0.320 e. The molecule has 0 radical (unpaired) electrons. The van der Waals surface area contributed by atoms with E-state index in [1.807, 2.05) is 0 Å². The zero-order valence-electron chi connectivity index (χ0n) is 55.9. The molecule has 0 saturated heterocycles. The molecule has 0 aliphatic carbocycles. The quantitative estimate of drug-likeness (QED) is 0.0257. The molecular weight excluding hydrogens is 1060 g/mol. The van der Waals surface area contributed by atoms with Gasteiger partial charge in [0.15, 0.2) is 0 Å². The summed E-state index contributed by atoms with van der Waals surface area (Å²) >= 11 is 0. The highest BCUT2D eigenvalue weighted by molar-refractivity contribution is 7.79. The van der Waals surface area contributed by atoms with Crippen LogP contribution in [-0.2, 0) is 29.6 Å². The van der Waals surface area contributed by atoms with Gasteiger partial charge in [0.1, 0.15) is 13.1 Å². The highest BCUT2D eigenvalue weighted by Crippen LogP contribution is 2.21. The summed E-state index contributed by atoms with van der Waals surface area (Å²) in [6, 6.07) is 0. The number of hydrogen-bond donors (Lipinski definition) is 2. The highest BCUT2D eigenvalue weighted by Gasteiger charge is 2.39. The summed E-state index contributed by atoms with van der Waals surface area (Å²) in [6.45, 7) is 9.26. The maximum atomic E-state index is 13.0. The molecule has 0 saturated carbocycles. The van der Waals surface area contributed by atoms with Crippen molar-refractivity contribution < 1.29 is 55.9 Å². The average Bonchev–Trinajstić information content (AvgIpc) is 3.49. The molecule has 0 aromatic heterocycles. The summed E-state index contributed by atoms with van der Waals surface area (Å²) < 4.78 is 33.7. The van der Waals surface area contributed by atoms with E-state index in [4.69, 9.17) is 17.5 Å². The average molecular weight is 1200 g/mol. The normalized spacial score (nSPS) is 11.8. The predicted octanol–water partition coefficient (Wildman–Crippen LogP) is 19.5. The number of carbonyl (C=O) groups excluding carboxylic acids is 4. The number of imide groups is 2. The van der Waals surface area contributed by atoms with E-state index in [1.165, 1.54) is 283 Å². The lowest BCUT2D eigenvalue weighted by atomic mass is 10.0. The van der Waals surface area contributed by atoms with E-state index in [9.17, 15) is 29.4 Å². The molecule has 0 fully saturated rings. The lowest BCUT2D eigenvalue weighted by molar-refractivity contribution is -0.759. The fourth-order valence-electron chi connectivity index (χ4n) is 11.3. The van der Waals surface area contributed by atoms with E-state index in [0.29, 0.717) is 25.7 Å². The van der Waals surface area contributed by atoms with Crippen molar-refractivity contribution in [1.29, 1.82) is 0 Å². The summed E-state index contributed by atoms with van der Waals surface area (Å²) in [5, 5.41) is 19.1. The van der Waals surface area contributed by atoms with Gasteiger partial charge in [-0.25, -0.2) is 19.2 Å². The molecular formula is C70H140N2O10S. The first kappa shape index (κ1) is 85.6. The Morgan fingerprint density at radius 1 is 0.265 bits per heavy atom. The second-order valence-corrected chi connectivity index (χ2v) is 26.0. The van der Waals surface area contributed by atoms with Gasteiger partial charge in [-0.3, -0.25) is 8.42 Å². The Labute approximate surface area is 515 Å². The molecule has 0 aromatic carbocycles. The molecule has 12 nitrogen and oxygen atoms in total. The van der Waals surface area contributed by atoms with E-state index < -0.39 is 10.4 Å². The van der Waals surface area contributed by atoms with Crippen molar-refractivity contribution in [2.45, 2.75) is 387 Å². The van der Waals surface area contributed by atoms with Crippen LogP contribution >= 0.6 is 0 Å². The maximum Gasteiger partial charge on any atom is 0.320 e. The minimum atomic E-state index is -5.17. The Morgan fingerprint density at radius 2 is 0.373 bits per heavy atom. The minimum Gasteiger partial charge on any atom is -0.759 e. The van der Waals surface area contributed by atoms with Crippen LogP contribution in [0.25, 0.3) is 0 Å².